The van der Waals surface area contributed by atoms with E-state index in [9.17, 15) is 4.79 Å². The third kappa shape index (κ3) is 3.82. The van der Waals surface area contributed by atoms with Gasteiger partial charge in [-0.25, -0.2) is 4.98 Å². The van der Waals surface area contributed by atoms with Gasteiger partial charge in [-0.1, -0.05) is 6.07 Å². The van der Waals surface area contributed by atoms with Crippen molar-refractivity contribution in [2.45, 2.75) is 12.5 Å². The molecule has 1 atom stereocenters. The van der Waals surface area contributed by atoms with Gasteiger partial charge in [0.1, 0.15) is 0 Å². The minimum atomic E-state index is -0.183. The highest BCUT2D eigenvalue weighted by atomic mass is 32.1. The van der Waals surface area contributed by atoms with Crippen LogP contribution in [0.2, 0.25) is 0 Å². The van der Waals surface area contributed by atoms with E-state index in [4.69, 9.17) is 5.73 Å². The van der Waals surface area contributed by atoms with Gasteiger partial charge in [-0.15, -0.1) is 11.3 Å². The second-order valence-corrected chi connectivity index (χ2v) is 6.10. The second kappa shape index (κ2) is 7.17. The Labute approximate surface area is 137 Å². The maximum absolute atomic E-state index is 12.1. The number of fused-ring (bicyclic) bond motifs is 1. The molecule has 3 heterocycles. The highest BCUT2D eigenvalue weighted by Crippen LogP contribution is 2.14. The molecule has 0 aliphatic heterocycles. The van der Waals surface area contributed by atoms with Crippen LogP contribution in [-0.2, 0) is 11.2 Å². The van der Waals surface area contributed by atoms with E-state index in [1.807, 2.05) is 29.6 Å². The number of nitrogens with one attached hydrogen (secondary N) is 2. The lowest BCUT2D eigenvalue weighted by molar-refractivity contribution is -0.117. The third-order valence-electron chi connectivity index (χ3n) is 3.42. The van der Waals surface area contributed by atoms with Crippen molar-refractivity contribution >= 4 is 34.4 Å². The second-order valence-electron chi connectivity index (χ2n) is 5.07. The SMILES string of the molecule is NC[C@H](Cc1cccs1)NC(=O)C=Cc1n[nH]c2ncccc12. The minimum Gasteiger partial charge on any atom is -0.348 e. The summed E-state index contributed by atoms with van der Waals surface area (Å²) in [5, 5.41) is 12.8. The third-order valence-corrected chi connectivity index (χ3v) is 4.32. The first-order valence-corrected chi connectivity index (χ1v) is 8.14. The molecule has 0 saturated heterocycles. The molecule has 0 fully saturated rings. The summed E-state index contributed by atoms with van der Waals surface area (Å²) in [6.45, 7) is 0.396. The summed E-state index contributed by atoms with van der Waals surface area (Å²) < 4.78 is 0. The molecule has 0 spiro atoms. The number of carbonyl (C=O) groups is 1. The summed E-state index contributed by atoms with van der Waals surface area (Å²) in [6.07, 6.45) is 5.58. The number of aromatic nitrogens is 3. The molecule has 6 nitrogen and oxygen atoms in total. The van der Waals surface area contributed by atoms with Crippen LogP contribution in [0.15, 0.2) is 41.9 Å². The Bertz CT molecular complexity index is 809. The zero-order valence-corrected chi connectivity index (χ0v) is 13.2. The fraction of sp³-hybridized carbons (Fsp3) is 0.188. The molecule has 4 N–H and O–H groups in total. The molecule has 0 radical (unpaired) electrons. The fourth-order valence-corrected chi connectivity index (χ4v) is 3.06. The molecule has 3 rings (SSSR count). The Kier molecular flexibility index (Phi) is 4.80. The summed E-state index contributed by atoms with van der Waals surface area (Å²) in [5.74, 6) is -0.183. The van der Waals surface area contributed by atoms with Crippen LogP contribution in [0.3, 0.4) is 0 Å². The standard InChI is InChI=1S/C16H17N5OS/c17-10-11(9-12-3-2-8-23-12)19-15(22)6-5-14-13-4-1-7-18-16(13)21-20-14/h1-8,11H,9-10,17H2,(H,19,22)(H,18,20,21)/t11-/m0/s1. The predicted molar refractivity (Wildman–Crippen MR) is 91.9 cm³/mol. The number of hydrogen-bond donors (Lipinski definition) is 3. The highest BCUT2D eigenvalue weighted by Gasteiger charge is 2.10. The number of thiophene rings is 1. The number of nitrogens with two attached hydrogens (primary N) is 1. The van der Waals surface area contributed by atoms with Crippen molar-refractivity contribution in [3.05, 3.63) is 52.5 Å². The average molecular weight is 327 g/mol. The van der Waals surface area contributed by atoms with E-state index >= 15 is 0 Å². The molecule has 0 saturated carbocycles. The maximum Gasteiger partial charge on any atom is 0.244 e. The number of nitrogens with zero attached hydrogens (tertiary/aromatic N) is 2. The number of amides is 1. The molecule has 0 unspecified atom stereocenters. The number of pyridine rings is 1. The monoisotopic (exact) mass is 327 g/mol. The first kappa shape index (κ1) is 15.4. The lowest BCUT2D eigenvalue weighted by Gasteiger charge is -2.14. The van der Waals surface area contributed by atoms with E-state index in [0.29, 0.717) is 17.9 Å². The van der Waals surface area contributed by atoms with Gasteiger partial charge in [0.05, 0.1) is 5.69 Å². The quantitative estimate of drug-likeness (QED) is 0.601. The van der Waals surface area contributed by atoms with Crippen molar-refractivity contribution in [2.24, 2.45) is 5.73 Å². The van der Waals surface area contributed by atoms with Gasteiger partial charge in [-0.3, -0.25) is 9.89 Å². The first-order chi connectivity index (χ1) is 11.3. The Balaban J connectivity index is 1.63. The van der Waals surface area contributed by atoms with Gasteiger partial charge < -0.3 is 11.1 Å². The topological polar surface area (TPSA) is 96.7 Å². The van der Waals surface area contributed by atoms with Crippen LogP contribution in [0.1, 0.15) is 10.6 Å². The molecule has 0 aliphatic carbocycles. The summed E-state index contributed by atoms with van der Waals surface area (Å²) >= 11 is 1.66. The van der Waals surface area contributed by atoms with Crippen molar-refractivity contribution in [3.8, 4) is 0 Å². The van der Waals surface area contributed by atoms with Crippen molar-refractivity contribution < 1.29 is 4.79 Å². The summed E-state index contributed by atoms with van der Waals surface area (Å²) in [7, 11) is 0. The van der Waals surface area contributed by atoms with Crippen LogP contribution in [0.5, 0.6) is 0 Å². The molecule has 0 aromatic carbocycles. The largest absolute Gasteiger partial charge is 0.348 e. The number of rotatable bonds is 6. The normalized spacial score (nSPS) is 12.7. The molecule has 23 heavy (non-hydrogen) atoms. The Morgan fingerprint density at radius 3 is 3.13 bits per heavy atom. The van der Waals surface area contributed by atoms with Crippen LogP contribution in [0, 0.1) is 0 Å². The number of H-pyrrole nitrogens is 1. The fourth-order valence-electron chi connectivity index (χ4n) is 2.27. The van der Waals surface area contributed by atoms with Crippen molar-refractivity contribution in [3.63, 3.8) is 0 Å². The summed E-state index contributed by atoms with van der Waals surface area (Å²) in [4.78, 5) is 17.4. The van der Waals surface area contributed by atoms with Gasteiger partial charge in [0.2, 0.25) is 5.91 Å². The molecular formula is C16H17N5OS. The zero-order chi connectivity index (χ0) is 16.1. The summed E-state index contributed by atoms with van der Waals surface area (Å²) in [6, 6.07) is 7.69. The van der Waals surface area contributed by atoms with Crippen LogP contribution in [-0.4, -0.2) is 33.7 Å². The van der Waals surface area contributed by atoms with Gasteiger partial charge in [0.25, 0.3) is 0 Å². The van der Waals surface area contributed by atoms with Crippen molar-refractivity contribution in [2.75, 3.05) is 6.54 Å². The maximum atomic E-state index is 12.1. The minimum absolute atomic E-state index is 0.0802. The van der Waals surface area contributed by atoms with Crippen LogP contribution in [0.4, 0.5) is 0 Å². The van der Waals surface area contributed by atoms with E-state index in [1.165, 1.54) is 11.0 Å². The zero-order valence-electron chi connectivity index (χ0n) is 12.4. The van der Waals surface area contributed by atoms with Crippen molar-refractivity contribution in [1.82, 2.24) is 20.5 Å². The lowest BCUT2D eigenvalue weighted by Crippen LogP contribution is -2.40. The van der Waals surface area contributed by atoms with Crippen molar-refractivity contribution in [1.29, 1.82) is 0 Å². The van der Waals surface area contributed by atoms with Gasteiger partial charge in [-0.05, 0) is 29.7 Å². The van der Waals surface area contributed by atoms with Gasteiger partial charge >= 0.3 is 0 Å². The molecular weight excluding hydrogens is 310 g/mol. The van der Waals surface area contributed by atoms with Crippen LogP contribution in [0.25, 0.3) is 17.1 Å². The molecule has 0 bridgehead atoms. The molecule has 1 amide bonds. The van der Waals surface area contributed by atoms with E-state index in [0.717, 1.165) is 11.8 Å². The Morgan fingerprint density at radius 1 is 1.43 bits per heavy atom. The number of hydrogen-bond acceptors (Lipinski definition) is 5. The molecule has 3 aromatic heterocycles. The van der Waals surface area contributed by atoms with Crippen LogP contribution < -0.4 is 11.1 Å². The molecule has 118 valence electrons. The Morgan fingerprint density at radius 2 is 2.35 bits per heavy atom. The van der Waals surface area contributed by atoms with E-state index < -0.39 is 0 Å². The molecule has 3 aromatic rings. The van der Waals surface area contributed by atoms with E-state index in [-0.39, 0.29) is 11.9 Å². The van der Waals surface area contributed by atoms with Gasteiger partial charge in [0, 0.05) is 41.5 Å². The van der Waals surface area contributed by atoms with E-state index in [2.05, 4.69) is 20.5 Å². The number of aromatic amines is 1. The predicted octanol–water partition coefficient (Wildman–Crippen LogP) is 1.72. The Hall–Kier alpha value is -2.51. The molecule has 0 aliphatic rings. The van der Waals surface area contributed by atoms with E-state index in [1.54, 1.807) is 23.6 Å². The first-order valence-electron chi connectivity index (χ1n) is 7.26. The highest BCUT2D eigenvalue weighted by molar-refractivity contribution is 7.09. The smallest absolute Gasteiger partial charge is 0.244 e. The molecule has 7 heteroatoms. The van der Waals surface area contributed by atoms with Gasteiger partial charge in [-0.2, -0.15) is 5.10 Å². The van der Waals surface area contributed by atoms with Crippen LogP contribution >= 0.6 is 11.3 Å². The van der Waals surface area contributed by atoms with Gasteiger partial charge in [0.15, 0.2) is 5.65 Å². The summed E-state index contributed by atoms with van der Waals surface area (Å²) in [5.41, 5.74) is 7.13. The number of carbonyl (C=O) groups excluding carboxylic acids is 1. The lowest BCUT2D eigenvalue weighted by atomic mass is 10.2. The average Bonchev–Trinajstić information content (AvgIpc) is 3.22.